The number of thiophene rings is 1. The molecule has 0 radical (unpaired) electrons. The summed E-state index contributed by atoms with van der Waals surface area (Å²) in [6, 6.07) is 15.1. The number of aromatic nitrogens is 3. The van der Waals surface area contributed by atoms with Crippen molar-refractivity contribution >= 4 is 11.3 Å². The average molecular weight is 381 g/mol. The summed E-state index contributed by atoms with van der Waals surface area (Å²) >= 11 is 1.77. The monoisotopic (exact) mass is 380 g/mol. The number of piperidine rings is 1. The lowest BCUT2D eigenvalue weighted by atomic mass is 9.90. The van der Waals surface area contributed by atoms with Gasteiger partial charge in [-0.15, -0.1) is 16.4 Å². The molecule has 5 rings (SSSR count). The van der Waals surface area contributed by atoms with Gasteiger partial charge in [-0.1, -0.05) is 41.6 Å². The van der Waals surface area contributed by atoms with Crippen molar-refractivity contribution in [2.75, 3.05) is 6.54 Å². The number of aliphatic hydroxyl groups is 1. The smallest absolute Gasteiger partial charge is 0.0892 e. The van der Waals surface area contributed by atoms with Crippen molar-refractivity contribution in [2.24, 2.45) is 0 Å². The van der Waals surface area contributed by atoms with Gasteiger partial charge in [-0.05, 0) is 36.3 Å². The van der Waals surface area contributed by atoms with Crippen LogP contribution in [0.15, 0.2) is 54.0 Å². The summed E-state index contributed by atoms with van der Waals surface area (Å²) in [7, 11) is 0. The maximum Gasteiger partial charge on any atom is 0.0892 e. The molecule has 3 heterocycles. The Morgan fingerprint density at radius 3 is 2.70 bits per heavy atom. The minimum absolute atomic E-state index is 0.0326. The molecule has 1 saturated heterocycles. The van der Waals surface area contributed by atoms with Crippen LogP contribution in [-0.4, -0.2) is 37.6 Å². The molecule has 140 valence electrons. The fourth-order valence-electron chi connectivity index (χ4n) is 4.13. The Balaban J connectivity index is 1.42. The molecule has 3 atom stereocenters. The van der Waals surface area contributed by atoms with Gasteiger partial charge in [-0.2, -0.15) is 0 Å². The highest BCUT2D eigenvalue weighted by molar-refractivity contribution is 7.09. The number of benzene rings is 1. The molecule has 1 N–H and O–H groups in total. The normalized spacial score (nSPS) is 26.3. The first kappa shape index (κ1) is 17.1. The molecule has 0 amide bonds. The standard InChI is InChI=1S/C21H24N4OS/c26-21-14-24(12-17-7-4-10-27-17)19(16-5-2-1-3-6-16)11-20(21)25-13-18(22-23-25)15-8-9-15/h1-7,10,13,15,19-21,26H,8-9,11-12,14H2. The van der Waals surface area contributed by atoms with E-state index in [4.69, 9.17) is 0 Å². The van der Waals surface area contributed by atoms with Gasteiger partial charge < -0.3 is 5.11 Å². The molecule has 2 aromatic heterocycles. The topological polar surface area (TPSA) is 54.2 Å². The van der Waals surface area contributed by atoms with E-state index in [1.807, 2.05) is 4.68 Å². The van der Waals surface area contributed by atoms with E-state index in [-0.39, 0.29) is 12.1 Å². The first-order valence-electron chi connectivity index (χ1n) is 9.69. The lowest BCUT2D eigenvalue weighted by Crippen LogP contribution is -2.46. The van der Waals surface area contributed by atoms with E-state index < -0.39 is 6.10 Å². The number of nitrogens with zero attached hydrogens (tertiary/aromatic N) is 4. The molecule has 0 spiro atoms. The predicted octanol–water partition coefficient (Wildman–Crippen LogP) is 3.77. The zero-order valence-electron chi connectivity index (χ0n) is 15.2. The van der Waals surface area contributed by atoms with Crippen LogP contribution < -0.4 is 0 Å². The third-order valence-electron chi connectivity index (χ3n) is 5.76. The minimum Gasteiger partial charge on any atom is -0.390 e. The molecule has 6 heteroatoms. The van der Waals surface area contributed by atoms with E-state index >= 15 is 0 Å². The second-order valence-corrected chi connectivity index (χ2v) is 8.74. The van der Waals surface area contributed by atoms with Gasteiger partial charge in [0, 0.05) is 36.1 Å². The molecule has 1 aromatic carbocycles. The van der Waals surface area contributed by atoms with Crippen molar-refractivity contribution < 1.29 is 5.11 Å². The number of likely N-dealkylation sites (tertiary alicyclic amines) is 1. The third-order valence-corrected chi connectivity index (χ3v) is 6.62. The fraction of sp³-hybridized carbons (Fsp3) is 0.429. The first-order chi connectivity index (χ1) is 13.3. The largest absolute Gasteiger partial charge is 0.390 e. The molecule has 3 aromatic rings. The first-order valence-corrected chi connectivity index (χ1v) is 10.6. The van der Waals surface area contributed by atoms with E-state index in [1.54, 1.807) is 11.3 Å². The SMILES string of the molecule is OC1CN(Cc2cccs2)C(c2ccccc2)CC1n1cc(C2CC2)nn1. The summed E-state index contributed by atoms with van der Waals surface area (Å²) in [5.41, 5.74) is 2.38. The predicted molar refractivity (Wildman–Crippen MR) is 106 cm³/mol. The van der Waals surface area contributed by atoms with Gasteiger partial charge in [-0.25, -0.2) is 4.68 Å². The maximum atomic E-state index is 10.9. The summed E-state index contributed by atoms with van der Waals surface area (Å²) in [5.74, 6) is 0.583. The van der Waals surface area contributed by atoms with E-state index in [0.29, 0.717) is 12.5 Å². The number of β-amino-alcohol motifs (C(OH)–C–C–N with tert-alkyl or cyclic N) is 1. The van der Waals surface area contributed by atoms with Crippen molar-refractivity contribution in [3.63, 3.8) is 0 Å². The summed E-state index contributed by atoms with van der Waals surface area (Å²) in [4.78, 5) is 3.74. The van der Waals surface area contributed by atoms with Crippen LogP contribution in [0.3, 0.4) is 0 Å². The Kier molecular flexibility index (Phi) is 4.55. The van der Waals surface area contributed by atoms with E-state index in [0.717, 1.165) is 18.7 Å². The molecule has 1 aliphatic carbocycles. The van der Waals surface area contributed by atoms with Gasteiger partial charge in [-0.3, -0.25) is 4.90 Å². The number of hydrogen-bond donors (Lipinski definition) is 1. The van der Waals surface area contributed by atoms with E-state index in [1.165, 1.54) is 23.3 Å². The molecule has 27 heavy (non-hydrogen) atoms. The summed E-state index contributed by atoms with van der Waals surface area (Å²) in [6.07, 6.45) is 4.88. The van der Waals surface area contributed by atoms with Crippen LogP contribution in [0, 0.1) is 0 Å². The van der Waals surface area contributed by atoms with Crippen molar-refractivity contribution in [3.8, 4) is 0 Å². The van der Waals surface area contributed by atoms with Crippen LogP contribution in [0.4, 0.5) is 0 Å². The molecule has 2 fully saturated rings. The summed E-state index contributed by atoms with van der Waals surface area (Å²) in [6.45, 7) is 1.51. The van der Waals surface area contributed by atoms with Crippen molar-refractivity contribution in [3.05, 3.63) is 70.2 Å². The van der Waals surface area contributed by atoms with Gasteiger partial charge in [0.2, 0.25) is 0 Å². The minimum atomic E-state index is -0.446. The van der Waals surface area contributed by atoms with Crippen molar-refractivity contribution in [2.45, 2.75) is 49.9 Å². The number of hydrogen-bond acceptors (Lipinski definition) is 5. The highest BCUT2D eigenvalue weighted by Gasteiger charge is 2.38. The van der Waals surface area contributed by atoms with Gasteiger partial charge >= 0.3 is 0 Å². The highest BCUT2D eigenvalue weighted by atomic mass is 32.1. The van der Waals surface area contributed by atoms with Crippen LogP contribution in [-0.2, 0) is 6.54 Å². The number of aliphatic hydroxyl groups excluding tert-OH is 1. The van der Waals surface area contributed by atoms with Gasteiger partial charge in [0.05, 0.1) is 17.8 Å². The van der Waals surface area contributed by atoms with Gasteiger partial charge in [0.1, 0.15) is 0 Å². The van der Waals surface area contributed by atoms with E-state index in [9.17, 15) is 5.11 Å². The zero-order valence-corrected chi connectivity index (χ0v) is 16.0. The lowest BCUT2D eigenvalue weighted by molar-refractivity contribution is -0.0131. The molecule has 5 nitrogen and oxygen atoms in total. The van der Waals surface area contributed by atoms with Crippen LogP contribution in [0.2, 0.25) is 0 Å². The van der Waals surface area contributed by atoms with Crippen LogP contribution in [0.25, 0.3) is 0 Å². The number of rotatable bonds is 5. The Morgan fingerprint density at radius 2 is 1.96 bits per heavy atom. The molecule has 0 bridgehead atoms. The fourth-order valence-corrected chi connectivity index (χ4v) is 4.86. The Morgan fingerprint density at radius 1 is 1.11 bits per heavy atom. The average Bonchev–Trinajstić information content (AvgIpc) is 3.20. The zero-order chi connectivity index (χ0) is 18.2. The molecular formula is C21H24N4OS. The second-order valence-electron chi connectivity index (χ2n) is 7.70. The lowest BCUT2D eigenvalue weighted by Gasteiger charge is -2.42. The molecular weight excluding hydrogens is 356 g/mol. The summed E-state index contributed by atoms with van der Waals surface area (Å²) in [5, 5.41) is 21.8. The Bertz CT molecular complexity index is 875. The second kappa shape index (κ2) is 7.19. The quantitative estimate of drug-likeness (QED) is 0.732. The van der Waals surface area contributed by atoms with Crippen LogP contribution in [0.1, 0.15) is 53.4 Å². The van der Waals surface area contributed by atoms with Gasteiger partial charge in [0.25, 0.3) is 0 Å². The van der Waals surface area contributed by atoms with Crippen molar-refractivity contribution in [1.82, 2.24) is 19.9 Å². The maximum absolute atomic E-state index is 10.9. The highest BCUT2D eigenvalue weighted by Crippen LogP contribution is 2.41. The molecule has 3 unspecified atom stereocenters. The van der Waals surface area contributed by atoms with Crippen LogP contribution >= 0.6 is 11.3 Å². The van der Waals surface area contributed by atoms with Gasteiger partial charge in [0.15, 0.2) is 0 Å². The molecule has 2 aliphatic rings. The van der Waals surface area contributed by atoms with Crippen molar-refractivity contribution in [1.29, 1.82) is 0 Å². The third kappa shape index (κ3) is 3.57. The Hall–Kier alpha value is -2.02. The Labute approximate surface area is 163 Å². The molecule has 1 aliphatic heterocycles. The summed E-state index contributed by atoms with van der Waals surface area (Å²) < 4.78 is 1.91. The molecule has 1 saturated carbocycles. The van der Waals surface area contributed by atoms with Crippen LogP contribution in [0.5, 0.6) is 0 Å². The van der Waals surface area contributed by atoms with E-state index in [2.05, 4.69) is 69.3 Å².